The molecule has 22 heteroatoms. The quantitative estimate of drug-likeness (QED) is 0.0489. The first kappa shape index (κ1) is 57.4. The van der Waals surface area contributed by atoms with Gasteiger partial charge in [0.1, 0.15) is 11.5 Å². The minimum atomic E-state index is -4.57. The van der Waals surface area contributed by atoms with Gasteiger partial charge in [0.25, 0.3) is 40.5 Å². The van der Waals surface area contributed by atoms with E-state index < -0.39 is 68.9 Å². The summed E-state index contributed by atoms with van der Waals surface area (Å²) < 4.78 is 142. The second-order valence-electron chi connectivity index (χ2n) is 18.6. The summed E-state index contributed by atoms with van der Waals surface area (Å²) >= 11 is 0. The number of anilines is 2. The predicted octanol–water partition coefficient (Wildman–Crippen LogP) is 6.47. The predicted molar refractivity (Wildman–Crippen MR) is 271 cm³/mol. The van der Waals surface area contributed by atoms with Crippen molar-refractivity contribution in [3.8, 4) is 5.75 Å². The maximum atomic E-state index is 12.3. The van der Waals surface area contributed by atoms with Gasteiger partial charge in [-0.2, -0.15) is 33.7 Å². The summed E-state index contributed by atoms with van der Waals surface area (Å²) in [5, 5.41) is 2.82. The van der Waals surface area contributed by atoms with Crippen LogP contribution in [0.5, 0.6) is 5.75 Å². The molecule has 0 aromatic heterocycles. The molecule has 1 unspecified atom stereocenters. The van der Waals surface area contributed by atoms with E-state index in [1.165, 1.54) is 24.3 Å². The molecule has 3 aromatic carbocycles. The van der Waals surface area contributed by atoms with Gasteiger partial charge in [-0.15, -0.1) is 0 Å². The van der Waals surface area contributed by atoms with Crippen molar-refractivity contribution in [2.24, 2.45) is 0 Å². The van der Waals surface area contributed by atoms with Gasteiger partial charge in [-0.3, -0.25) is 23.0 Å². The van der Waals surface area contributed by atoms with Crippen LogP contribution in [0.4, 0.5) is 11.4 Å². The molecule has 6 rings (SSSR count). The number of allylic oxidation sites excluding steroid dienone is 6. The van der Waals surface area contributed by atoms with E-state index in [1.807, 2.05) is 86.1 Å². The molecule has 0 saturated carbocycles. The van der Waals surface area contributed by atoms with E-state index in [-0.39, 0.29) is 93.0 Å². The Kier molecular flexibility index (Phi) is 18.3. The molecular weight excluding hydrogens is 1010 g/mol. The Labute approximate surface area is 454 Å². The van der Waals surface area contributed by atoms with Gasteiger partial charge >= 0.3 is 51.4 Å². The standard InChI is InChI=1S/C48H59N3O14S4.K.H/c1-32(2)46(52)49-25-24-33-12-16-36(17-13-33)65-45-34(14-22-43-47(3,4)39-30-37(68(59,60)61)18-20-41(39)50(43)26-8-28-66(53,54)55)10-7-11-35(45)15-23-44-48(5,6)40-31-38(69(62,63)64)19-21-42(40)51(44)27-9-29-67(56,57)58;;/h12-23,30-31,43H,1,7-11,24-29H2,2-6H3,(H,49,52)(H,53,54,55)(H,56,57,58)(H,59,60,61)(H,62,63,64);;/b22-14+,35-15+,44-23+;;. The molecule has 0 fully saturated rings. The van der Waals surface area contributed by atoms with Gasteiger partial charge in [0, 0.05) is 53.1 Å². The molecule has 5 N–H and O–H groups in total. The molecule has 2 aliphatic heterocycles. The van der Waals surface area contributed by atoms with Gasteiger partial charge < -0.3 is 19.9 Å². The number of carbonyl (C=O) groups is 1. The fraction of sp³-hybridized carbons (Fsp3) is 0.396. The van der Waals surface area contributed by atoms with Gasteiger partial charge in [-0.1, -0.05) is 64.6 Å². The molecule has 0 radical (unpaired) electrons. The summed E-state index contributed by atoms with van der Waals surface area (Å²) in [4.78, 5) is 15.3. The van der Waals surface area contributed by atoms with Crippen LogP contribution in [0.1, 0.15) is 83.4 Å². The molecular formula is C48H60KN3O14S4. The van der Waals surface area contributed by atoms with Crippen LogP contribution >= 0.6 is 0 Å². The average molecular weight is 1070 g/mol. The van der Waals surface area contributed by atoms with Crippen molar-refractivity contribution >= 4 is 109 Å². The van der Waals surface area contributed by atoms with Crippen LogP contribution in [-0.2, 0) is 62.5 Å². The first-order valence-electron chi connectivity index (χ1n) is 22.2. The number of rotatable bonds is 19. The third-order valence-electron chi connectivity index (χ3n) is 12.7. The second kappa shape index (κ2) is 22.3. The number of ether oxygens (including phenoxy) is 1. The number of fused-ring (bicyclic) bond motifs is 2. The van der Waals surface area contributed by atoms with Crippen molar-refractivity contribution < 1.29 is 61.4 Å². The molecule has 0 spiro atoms. The van der Waals surface area contributed by atoms with E-state index in [4.69, 9.17) is 4.74 Å². The number of benzene rings is 3. The van der Waals surface area contributed by atoms with Gasteiger partial charge in [0.05, 0.1) is 27.3 Å². The van der Waals surface area contributed by atoms with E-state index in [1.54, 1.807) is 19.1 Å². The number of amides is 1. The number of hydrogen-bond donors (Lipinski definition) is 5. The average Bonchev–Trinajstić information content (AvgIpc) is 3.58. The fourth-order valence-electron chi connectivity index (χ4n) is 9.17. The van der Waals surface area contributed by atoms with Crippen molar-refractivity contribution in [2.75, 3.05) is 40.9 Å². The first-order valence-corrected chi connectivity index (χ1v) is 28.3. The second-order valence-corrected chi connectivity index (χ2v) is 24.6. The molecule has 0 saturated heterocycles. The Morgan fingerprint density at radius 2 is 1.36 bits per heavy atom. The van der Waals surface area contributed by atoms with E-state index in [0.717, 1.165) is 16.7 Å². The molecule has 70 heavy (non-hydrogen) atoms. The molecule has 1 atom stereocenters. The summed E-state index contributed by atoms with van der Waals surface area (Å²) in [7, 11) is -17.7. The summed E-state index contributed by atoms with van der Waals surface area (Å²) in [5.41, 5.74) is 4.31. The van der Waals surface area contributed by atoms with E-state index in [9.17, 15) is 56.7 Å². The van der Waals surface area contributed by atoms with E-state index in [0.29, 0.717) is 77.5 Å². The zero-order chi connectivity index (χ0) is 50.9. The SMILES string of the molecule is C=C(C)C(=O)NCCc1ccc(OC2=C(/C=C/C3N(CCCS(=O)(=O)O)c4ccc(S(=O)(=O)O)cc4C3(C)C)CCC/C2=C\C=C2\N(CCCS(=O)(=O)O)c3ccc(S(=O)(=O)O)cc3C2(C)C)cc1.[KH]. The number of carbonyl (C=O) groups excluding carboxylic acids is 1. The monoisotopic (exact) mass is 1070 g/mol. The third kappa shape index (κ3) is 14.0. The number of nitrogens with one attached hydrogen (secondary N) is 1. The topological polar surface area (TPSA) is 262 Å². The van der Waals surface area contributed by atoms with Crippen molar-refractivity contribution in [1.82, 2.24) is 5.32 Å². The molecule has 3 aliphatic rings. The van der Waals surface area contributed by atoms with Crippen LogP contribution in [0.15, 0.2) is 130 Å². The zero-order valence-electron chi connectivity index (χ0n) is 39.0. The molecule has 17 nitrogen and oxygen atoms in total. The maximum absolute atomic E-state index is 12.3. The van der Waals surface area contributed by atoms with Crippen LogP contribution < -0.4 is 19.9 Å². The molecule has 1 aliphatic carbocycles. The molecule has 0 bridgehead atoms. The van der Waals surface area contributed by atoms with Crippen molar-refractivity contribution in [3.63, 3.8) is 0 Å². The minimum absolute atomic E-state index is 0. The molecule has 3 aromatic rings. The van der Waals surface area contributed by atoms with E-state index in [2.05, 4.69) is 11.9 Å². The third-order valence-corrected chi connectivity index (χ3v) is 16.0. The summed E-state index contributed by atoms with van der Waals surface area (Å²) in [5.74, 6) is -0.234. The van der Waals surface area contributed by atoms with Crippen LogP contribution in [0.3, 0.4) is 0 Å². The van der Waals surface area contributed by atoms with Gasteiger partial charge in [-0.05, 0) is 128 Å². The van der Waals surface area contributed by atoms with Crippen molar-refractivity contribution in [3.05, 3.63) is 136 Å². The first-order chi connectivity index (χ1) is 32.0. The van der Waals surface area contributed by atoms with Crippen molar-refractivity contribution in [2.45, 2.75) is 99.8 Å². The van der Waals surface area contributed by atoms with Gasteiger partial charge in [0.2, 0.25) is 5.91 Å². The molecule has 376 valence electrons. The van der Waals surface area contributed by atoms with Gasteiger partial charge in [0.15, 0.2) is 0 Å². The van der Waals surface area contributed by atoms with Crippen LogP contribution in [0.2, 0.25) is 0 Å². The number of nitrogens with zero attached hydrogens (tertiary/aromatic N) is 2. The van der Waals surface area contributed by atoms with Crippen LogP contribution in [-0.4, -0.2) is 146 Å². The van der Waals surface area contributed by atoms with Crippen LogP contribution in [0, 0.1) is 0 Å². The molecule has 1 amide bonds. The Bertz CT molecular complexity index is 3110. The summed E-state index contributed by atoms with van der Waals surface area (Å²) in [6, 6.07) is 15.4. The summed E-state index contributed by atoms with van der Waals surface area (Å²) in [6.07, 6.45) is 10.1. The molecule has 2 heterocycles. The van der Waals surface area contributed by atoms with Crippen molar-refractivity contribution in [1.29, 1.82) is 0 Å². The number of hydrogen-bond acceptors (Lipinski definition) is 12. The normalized spacial score (nSPS) is 19.1. The Morgan fingerprint density at radius 1 is 0.786 bits per heavy atom. The zero-order valence-corrected chi connectivity index (χ0v) is 42.3. The fourth-order valence-corrected chi connectivity index (χ4v) is 11.2. The Hall–Kier alpha value is -3.49. The van der Waals surface area contributed by atoms with Gasteiger partial charge in [-0.25, -0.2) is 0 Å². The summed E-state index contributed by atoms with van der Waals surface area (Å²) in [6.45, 7) is 13.6. The van der Waals surface area contributed by atoms with E-state index >= 15 is 0 Å². The van der Waals surface area contributed by atoms with Crippen LogP contribution in [0.25, 0.3) is 0 Å². The Morgan fingerprint density at radius 3 is 1.93 bits per heavy atom. The Balaban J connectivity index is 0.00000913.